The zero-order valence-electron chi connectivity index (χ0n) is 10.6. The van der Waals surface area contributed by atoms with Crippen LogP contribution in [0.15, 0.2) is 33.6 Å². The van der Waals surface area contributed by atoms with Crippen LogP contribution in [0.3, 0.4) is 0 Å². The minimum absolute atomic E-state index is 0.114. The Balaban J connectivity index is 2.65. The molecule has 0 aliphatic rings. The van der Waals surface area contributed by atoms with E-state index in [2.05, 4.69) is 35.1 Å². The second-order valence-corrected chi connectivity index (χ2v) is 6.92. The molecule has 0 aliphatic carbocycles. The Kier molecular flexibility index (Phi) is 6.38. The standard InChI is InChI=1S/C13H20BrNOS/c1-4-9-15-10(2)11(3)17(16)13-7-5-12(14)6-8-13/h5-8,10-11,15H,4,9H2,1-3H3. The number of nitrogens with one attached hydrogen (secondary N) is 1. The minimum atomic E-state index is -0.953. The quantitative estimate of drug-likeness (QED) is 0.872. The molecule has 0 radical (unpaired) electrons. The Labute approximate surface area is 115 Å². The van der Waals surface area contributed by atoms with Gasteiger partial charge in [0, 0.05) is 15.4 Å². The number of hydrogen-bond donors (Lipinski definition) is 1. The molecule has 1 N–H and O–H groups in total. The summed E-state index contributed by atoms with van der Waals surface area (Å²) >= 11 is 3.38. The second-order valence-electron chi connectivity index (χ2n) is 4.20. The predicted molar refractivity (Wildman–Crippen MR) is 77.8 cm³/mol. The van der Waals surface area contributed by atoms with Crippen molar-refractivity contribution in [2.24, 2.45) is 0 Å². The number of hydrogen-bond acceptors (Lipinski definition) is 2. The molecule has 0 aliphatic heterocycles. The lowest BCUT2D eigenvalue weighted by molar-refractivity contribution is 0.531. The molecule has 2 nitrogen and oxygen atoms in total. The molecule has 0 amide bonds. The van der Waals surface area contributed by atoms with Crippen LogP contribution in [0.2, 0.25) is 0 Å². The fraction of sp³-hybridized carbons (Fsp3) is 0.538. The van der Waals surface area contributed by atoms with Crippen LogP contribution in [0.4, 0.5) is 0 Å². The molecule has 0 saturated carbocycles. The third-order valence-corrected chi connectivity index (χ3v) is 5.15. The first-order valence-electron chi connectivity index (χ1n) is 5.95. The van der Waals surface area contributed by atoms with Gasteiger partial charge in [0.2, 0.25) is 0 Å². The molecule has 0 spiro atoms. The van der Waals surface area contributed by atoms with Crippen molar-refractivity contribution in [3.8, 4) is 0 Å². The van der Waals surface area contributed by atoms with Crippen LogP contribution in [-0.4, -0.2) is 22.0 Å². The number of halogens is 1. The molecule has 0 heterocycles. The topological polar surface area (TPSA) is 29.1 Å². The van der Waals surface area contributed by atoms with Gasteiger partial charge in [-0.3, -0.25) is 4.21 Å². The summed E-state index contributed by atoms with van der Waals surface area (Å²) in [4.78, 5) is 0.894. The average Bonchev–Trinajstić information content (AvgIpc) is 2.35. The highest BCUT2D eigenvalue weighted by molar-refractivity contribution is 9.10. The summed E-state index contributed by atoms with van der Waals surface area (Å²) in [6.07, 6.45) is 1.10. The molecule has 17 heavy (non-hydrogen) atoms. The smallest absolute Gasteiger partial charge is 0.0573 e. The van der Waals surface area contributed by atoms with Crippen LogP contribution in [0.25, 0.3) is 0 Å². The molecule has 0 fully saturated rings. The van der Waals surface area contributed by atoms with Gasteiger partial charge < -0.3 is 5.32 Å². The van der Waals surface area contributed by atoms with E-state index in [9.17, 15) is 4.21 Å². The summed E-state index contributed by atoms with van der Waals surface area (Å²) in [6.45, 7) is 7.24. The lowest BCUT2D eigenvalue weighted by Gasteiger charge is -2.20. The monoisotopic (exact) mass is 317 g/mol. The summed E-state index contributed by atoms with van der Waals surface area (Å²) in [5, 5.41) is 3.51. The summed E-state index contributed by atoms with van der Waals surface area (Å²) < 4.78 is 13.3. The molecule has 3 unspecified atom stereocenters. The average molecular weight is 318 g/mol. The number of rotatable bonds is 6. The van der Waals surface area contributed by atoms with E-state index in [-0.39, 0.29) is 11.3 Å². The van der Waals surface area contributed by atoms with Crippen molar-refractivity contribution in [3.05, 3.63) is 28.7 Å². The summed E-state index contributed by atoms with van der Waals surface area (Å²) in [5.74, 6) is 0. The van der Waals surface area contributed by atoms with Gasteiger partial charge in [-0.1, -0.05) is 22.9 Å². The van der Waals surface area contributed by atoms with Crippen LogP contribution in [0.5, 0.6) is 0 Å². The van der Waals surface area contributed by atoms with Crippen molar-refractivity contribution in [1.29, 1.82) is 0 Å². The fourth-order valence-corrected chi connectivity index (χ4v) is 3.07. The Morgan fingerprint density at radius 1 is 1.29 bits per heavy atom. The zero-order chi connectivity index (χ0) is 12.8. The normalized spacial score (nSPS) is 16.5. The Hall–Kier alpha value is -0.190. The Bertz CT molecular complexity index is 366. The first-order valence-corrected chi connectivity index (χ1v) is 7.96. The molecule has 96 valence electrons. The maximum atomic E-state index is 12.3. The van der Waals surface area contributed by atoms with Gasteiger partial charge in [-0.25, -0.2) is 0 Å². The van der Waals surface area contributed by atoms with E-state index >= 15 is 0 Å². The van der Waals surface area contributed by atoms with Crippen molar-refractivity contribution >= 4 is 26.7 Å². The molecule has 3 atom stereocenters. The predicted octanol–water partition coefficient (Wildman–Crippen LogP) is 3.33. The van der Waals surface area contributed by atoms with E-state index in [1.54, 1.807) is 0 Å². The molecule has 1 rings (SSSR count). The van der Waals surface area contributed by atoms with Crippen LogP contribution < -0.4 is 5.32 Å². The molecule has 0 aromatic heterocycles. The first kappa shape index (κ1) is 14.9. The Morgan fingerprint density at radius 2 is 1.88 bits per heavy atom. The highest BCUT2D eigenvalue weighted by Crippen LogP contribution is 2.17. The van der Waals surface area contributed by atoms with Crippen LogP contribution in [0.1, 0.15) is 27.2 Å². The maximum Gasteiger partial charge on any atom is 0.0573 e. The molecular weight excluding hydrogens is 298 g/mol. The van der Waals surface area contributed by atoms with Gasteiger partial charge in [-0.2, -0.15) is 0 Å². The van der Waals surface area contributed by atoms with E-state index in [4.69, 9.17) is 0 Å². The van der Waals surface area contributed by atoms with E-state index < -0.39 is 10.8 Å². The number of benzene rings is 1. The van der Waals surface area contributed by atoms with Crippen molar-refractivity contribution in [3.63, 3.8) is 0 Å². The molecule has 4 heteroatoms. The summed E-state index contributed by atoms with van der Waals surface area (Å²) in [7, 11) is -0.953. The van der Waals surface area contributed by atoms with Gasteiger partial charge in [-0.05, 0) is 51.1 Å². The first-order chi connectivity index (χ1) is 8.06. The zero-order valence-corrected chi connectivity index (χ0v) is 13.0. The van der Waals surface area contributed by atoms with Crippen molar-refractivity contribution in [2.45, 2.75) is 43.4 Å². The second kappa shape index (κ2) is 7.29. The van der Waals surface area contributed by atoms with Crippen molar-refractivity contribution < 1.29 is 4.21 Å². The highest BCUT2D eigenvalue weighted by atomic mass is 79.9. The van der Waals surface area contributed by atoms with Crippen LogP contribution >= 0.6 is 15.9 Å². The summed E-state index contributed by atoms with van der Waals surface area (Å²) in [6, 6.07) is 7.97. The molecule has 1 aromatic carbocycles. The van der Waals surface area contributed by atoms with E-state index in [0.29, 0.717) is 0 Å². The van der Waals surface area contributed by atoms with Gasteiger partial charge in [0.25, 0.3) is 0 Å². The Morgan fingerprint density at radius 3 is 2.41 bits per heavy atom. The van der Waals surface area contributed by atoms with Crippen LogP contribution in [0, 0.1) is 0 Å². The van der Waals surface area contributed by atoms with Crippen molar-refractivity contribution in [1.82, 2.24) is 5.32 Å². The van der Waals surface area contributed by atoms with E-state index in [0.717, 1.165) is 22.3 Å². The maximum absolute atomic E-state index is 12.3. The lowest BCUT2D eigenvalue weighted by atomic mass is 10.2. The van der Waals surface area contributed by atoms with Crippen molar-refractivity contribution in [2.75, 3.05) is 6.54 Å². The van der Waals surface area contributed by atoms with Gasteiger partial charge >= 0.3 is 0 Å². The molecule has 1 aromatic rings. The largest absolute Gasteiger partial charge is 0.313 e. The molecule has 0 bridgehead atoms. The van der Waals surface area contributed by atoms with Gasteiger partial charge in [0.1, 0.15) is 0 Å². The third-order valence-electron chi connectivity index (χ3n) is 2.80. The van der Waals surface area contributed by atoms with E-state index in [1.807, 2.05) is 31.2 Å². The fourth-order valence-electron chi connectivity index (χ4n) is 1.51. The van der Waals surface area contributed by atoms with E-state index in [1.165, 1.54) is 0 Å². The van der Waals surface area contributed by atoms with Gasteiger partial charge in [-0.15, -0.1) is 0 Å². The van der Waals surface area contributed by atoms with Crippen LogP contribution in [-0.2, 0) is 10.8 Å². The van der Waals surface area contributed by atoms with Gasteiger partial charge in [0.15, 0.2) is 0 Å². The minimum Gasteiger partial charge on any atom is -0.313 e. The third kappa shape index (κ3) is 4.53. The lowest BCUT2D eigenvalue weighted by Crippen LogP contribution is -2.38. The molecular formula is C13H20BrNOS. The SMILES string of the molecule is CCCNC(C)C(C)S(=O)c1ccc(Br)cc1. The highest BCUT2D eigenvalue weighted by Gasteiger charge is 2.19. The van der Waals surface area contributed by atoms with Gasteiger partial charge in [0.05, 0.1) is 16.0 Å². The summed E-state index contributed by atoms with van der Waals surface area (Å²) in [5.41, 5.74) is 0. The molecule has 0 saturated heterocycles.